The van der Waals surface area contributed by atoms with E-state index >= 15 is 0 Å². The van der Waals surface area contributed by atoms with Gasteiger partial charge in [0.15, 0.2) is 5.75 Å². The SMILES string of the molecule is Nc1ccc2ccc3ccc(N(c4ccc5c(c4)oc4ccccc45)c4ccc5c(c4)oc4ccccc45)cc3c2c1OCc1ccc(-c2ccccc2)cc1. The maximum atomic E-state index is 6.74. The summed E-state index contributed by atoms with van der Waals surface area (Å²) < 4.78 is 19.4. The van der Waals surface area contributed by atoms with Crippen molar-refractivity contribution in [1.29, 1.82) is 0 Å². The van der Waals surface area contributed by atoms with E-state index in [9.17, 15) is 0 Å². The van der Waals surface area contributed by atoms with Crippen LogP contribution >= 0.6 is 0 Å². The van der Waals surface area contributed by atoms with E-state index in [2.05, 4.69) is 138 Å². The van der Waals surface area contributed by atoms with Crippen LogP contribution in [0.3, 0.4) is 0 Å². The van der Waals surface area contributed by atoms with Gasteiger partial charge in [0.05, 0.1) is 5.69 Å². The number of fused-ring (bicyclic) bond motifs is 9. The monoisotopic (exact) mass is 722 g/mol. The molecule has 0 radical (unpaired) electrons. The molecule has 0 amide bonds. The molecule has 266 valence electrons. The molecule has 0 bridgehead atoms. The molecule has 11 aromatic rings. The molecule has 0 saturated heterocycles. The third-order valence-electron chi connectivity index (χ3n) is 10.9. The molecule has 2 heterocycles. The minimum atomic E-state index is 0.385. The average Bonchev–Trinajstić information content (AvgIpc) is 3.81. The molecule has 0 saturated carbocycles. The van der Waals surface area contributed by atoms with E-state index in [1.54, 1.807) is 0 Å². The first-order valence-corrected chi connectivity index (χ1v) is 18.8. The van der Waals surface area contributed by atoms with Crippen LogP contribution in [0, 0.1) is 0 Å². The van der Waals surface area contributed by atoms with Crippen molar-refractivity contribution < 1.29 is 13.6 Å². The van der Waals surface area contributed by atoms with Crippen LogP contribution < -0.4 is 15.4 Å². The zero-order chi connectivity index (χ0) is 37.2. The number of nitrogens with two attached hydrogens (primary N) is 1. The fourth-order valence-corrected chi connectivity index (χ4v) is 8.15. The molecule has 9 aromatic carbocycles. The normalized spacial score (nSPS) is 11.7. The summed E-state index contributed by atoms with van der Waals surface area (Å²) >= 11 is 0. The number of para-hydroxylation sites is 2. The fraction of sp³-hybridized carbons (Fsp3) is 0.0196. The number of benzene rings is 9. The lowest BCUT2D eigenvalue weighted by Gasteiger charge is -2.26. The number of furan rings is 2. The van der Waals surface area contributed by atoms with Crippen molar-refractivity contribution in [3.05, 3.63) is 188 Å². The highest BCUT2D eigenvalue weighted by Gasteiger charge is 2.19. The first kappa shape index (κ1) is 32.0. The third kappa shape index (κ3) is 5.32. The predicted octanol–water partition coefficient (Wildman–Crippen LogP) is 14.1. The summed E-state index contributed by atoms with van der Waals surface area (Å²) in [5, 5.41) is 8.51. The van der Waals surface area contributed by atoms with Gasteiger partial charge in [-0.15, -0.1) is 0 Å². The van der Waals surface area contributed by atoms with Gasteiger partial charge < -0.3 is 24.2 Å². The van der Waals surface area contributed by atoms with Gasteiger partial charge in [-0.1, -0.05) is 115 Å². The standard InChI is InChI=1S/C51H34N2O3/c52-45-27-21-36-19-18-35-20-22-37(28-44(35)50(36)51(45)54-31-32-14-16-34(17-15-32)33-8-2-1-3-9-33)53(38-23-25-42-40-10-4-6-12-46(40)55-48(42)29-38)39-24-26-43-41-11-5-7-13-47(41)56-49(43)30-39/h1-30H,31,52H2. The number of nitrogens with zero attached hydrogens (tertiary/aromatic N) is 1. The van der Waals surface area contributed by atoms with E-state index in [1.807, 2.05) is 48.5 Å². The second-order valence-electron chi connectivity index (χ2n) is 14.3. The molecule has 56 heavy (non-hydrogen) atoms. The Morgan fingerprint density at radius 1 is 0.429 bits per heavy atom. The van der Waals surface area contributed by atoms with Gasteiger partial charge in [-0.2, -0.15) is 0 Å². The van der Waals surface area contributed by atoms with Gasteiger partial charge in [0.2, 0.25) is 0 Å². The van der Waals surface area contributed by atoms with E-state index in [0.29, 0.717) is 18.0 Å². The summed E-state index contributed by atoms with van der Waals surface area (Å²) in [5.74, 6) is 0.677. The Kier molecular flexibility index (Phi) is 7.32. The van der Waals surface area contributed by atoms with Crippen LogP contribution in [0.5, 0.6) is 5.75 Å². The average molecular weight is 723 g/mol. The van der Waals surface area contributed by atoms with Crippen molar-refractivity contribution in [2.24, 2.45) is 0 Å². The molecule has 0 spiro atoms. The minimum absolute atomic E-state index is 0.385. The van der Waals surface area contributed by atoms with Crippen LogP contribution in [-0.2, 0) is 6.61 Å². The van der Waals surface area contributed by atoms with Gasteiger partial charge in [0.25, 0.3) is 0 Å². The highest BCUT2D eigenvalue weighted by atomic mass is 16.5. The summed E-state index contributed by atoms with van der Waals surface area (Å²) in [6.45, 7) is 0.385. The van der Waals surface area contributed by atoms with E-state index in [0.717, 1.165) is 88.0 Å². The van der Waals surface area contributed by atoms with E-state index < -0.39 is 0 Å². The van der Waals surface area contributed by atoms with Crippen molar-refractivity contribution in [2.75, 3.05) is 10.6 Å². The maximum absolute atomic E-state index is 6.74. The number of hydrogen-bond donors (Lipinski definition) is 1. The molecule has 0 unspecified atom stereocenters. The number of ether oxygens (including phenoxy) is 1. The van der Waals surface area contributed by atoms with Crippen molar-refractivity contribution in [2.45, 2.75) is 6.61 Å². The maximum Gasteiger partial charge on any atom is 0.151 e. The van der Waals surface area contributed by atoms with Gasteiger partial charge in [0.1, 0.15) is 28.9 Å². The zero-order valence-electron chi connectivity index (χ0n) is 30.3. The summed E-state index contributed by atoms with van der Waals surface area (Å²) in [5.41, 5.74) is 17.0. The van der Waals surface area contributed by atoms with Crippen LogP contribution in [0.4, 0.5) is 22.7 Å². The lowest BCUT2D eigenvalue weighted by molar-refractivity contribution is 0.312. The lowest BCUT2D eigenvalue weighted by Crippen LogP contribution is -2.10. The Hall–Kier alpha value is -7.50. The Morgan fingerprint density at radius 3 is 1.62 bits per heavy atom. The molecule has 0 aliphatic rings. The predicted molar refractivity (Wildman–Crippen MR) is 231 cm³/mol. The molecular formula is C51H34N2O3. The topological polar surface area (TPSA) is 64.8 Å². The summed E-state index contributed by atoms with van der Waals surface area (Å²) in [7, 11) is 0. The Labute approximate surface area is 322 Å². The van der Waals surface area contributed by atoms with Crippen molar-refractivity contribution in [1.82, 2.24) is 0 Å². The summed E-state index contributed by atoms with van der Waals surface area (Å²) in [6.07, 6.45) is 0. The molecule has 0 atom stereocenters. The van der Waals surface area contributed by atoms with Crippen LogP contribution in [0.15, 0.2) is 191 Å². The van der Waals surface area contributed by atoms with Gasteiger partial charge in [-0.3, -0.25) is 0 Å². The quantitative estimate of drug-likeness (QED) is 0.131. The van der Waals surface area contributed by atoms with Gasteiger partial charge in [-0.05, 0) is 87.4 Å². The molecule has 0 fully saturated rings. The van der Waals surface area contributed by atoms with E-state index in [1.165, 1.54) is 11.1 Å². The first-order valence-electron chi connectivity index (χ1n) is 18.8. The number of hydrogen-bond acceptors (Lipinski definition) is 5. The highest BCUT2D eigenvalue weighted by Crippen LogP contribution is 2.44. The Balaban J connectivity index is 1.05. The number of nitrogen functional groups attached to an aromatic ring is 1. The van der Waals surface area contributed by atoms with Crippen molar-refractivity contribution in [3.8, 4) is 16.9 Å². The smallest absolute Gasteiger partial charge is 0.151 e. The molecule has 5 nitrogen and oxygen atoms in total. The summed E-state index contributed by atoms with van der Waals surface area (Å²) in [6, 6.07) is 63.0. The van der Waals surface area contributed by atoms with Crippen molar-refractivity contribution in [3.63, 3.8) is 0 Å². The van der Waals surface area contributed by atoms with Crippen molar-refractivity contribution >= 4 is 88.2 Å². The van der Waals surface area contributed by atoms with Crippen LogP contribution in [0.1, 0.15) is 5.56 Å². The molecule has 0 aliphatic heterocycles. The number of rotatable bonds is 7. The molecule has 2 N–H and O–H groups in total. The minimum Gasteiger partial charge on any atom is -0.486 e. The lowest BCUT2D eigenvalue weighted by atomic mass is 9.99. The fourth-order valence-electron chi connectivity index (χ4n) is 8.15. The molecule has 11 rings (SSSR count). The first-order chi connectivity index (χ1) is 27.6. The van der Waals surface area contributed by atoms with Crippen LogP contribution in [0.25, 0.3) is 76.5 Å². The molecule has 2 aromatic heterocycles. The Bertz CT molecular complexity index is 3160. The molecule has 5 heteroatoms. The van der Waals surface area contributed by atoms with Crippen LogP contribution in [-0.4, -0.2) is 0 Å². The third-order valence-corrected chi connectivity index (χ3v) is 10.9. The second-order valence-corrected chi connectivity index (χ2v) is 14.3. The highest BCUT2D eigenvalue weighted by molar-refractivity contribution is 6.14. The van der Waals surface area contributed by atoms with E-state index in [4.69, 9.17) is 19.3 Å². The zero-order valence-corrected chi connectivity index (χ0v) is 30.3. The second kappa shape index (κ2) is 12.8. The molecule has 0 aliphatic carbocycles. The van der Waals surface area contributed by atoms with Gasteiger partial charge in [0, 0.05) is 56.1 Å². The number of anilines is 4. The van der Waals surface area contributed by atoms with Gasteiger partial charge >= 0.3 is 0 Å². The largest absolute Gasteiger partial charge is 0.486 e. The molecular weight excluding hydrogens is 689 g/mol. The van der Waals surface area contributed by atoms with Crippen LogP contribution in [0.2, 0.25) is 0 Å². The van der Waals surface area contributed by atoms with Gasteiger partial charge in [-0.25, -0.2) is 0 Å². The Morgan fingerprint density at radius 2 is 0.946 bits per heavy atom. The summed E-state index contributed by atoms with van der Waals surface area (Å²) in [4.78, 5) is 2.26. The van der Waals surface area contributed by atoms with E-state index in [-0.39, 0.29) is 0 Å².